The molecule has 0 amide bonds. The molecule has 2 aromatic rings. The van der Waals surface area contributed by atoms with Crippen LogP contribution in [0.1, 0.15) is 20.7 Å². The first-order valence-electron chi connectivity index (χ1n) is 6.42. The molecule has 0 aromatic heterocycles. The van der Waals surface area contributed by atoms with E-state index in [0.29, 0.717) is 6.08 Å². The highest BCUT2D eigenvalue weighted by Crippen LogP contribution is 2.32. The molecule has 0 fully saturated rings. The number of carbonyl (C=O) groups is 2. The van der Waals surface area contributed by atoms with E-state index in [1.807, 2.05) is 0 Å². The van der Waals surface area contributed by atoms with Crippen molar-refractivity contribution in [3.8, 4) is 5.75 Å². The quantitative estimate of drug-likeness (QED) is 0.475. The number of ether oxygens (including phenoxy) is 1. The van der Waals surface area contributed by atoms with E-state index in [1.165, 1.54) is 24.3 Å². The third-order valence-electron chi connectivity index (χ3n) is 3.30. The summed E-state index contributed by atoms with van der Waals surface area (Å²) in [5.41, 5.74) is -0.0730. The van der Waals surface area contributed by atoms with E-state index in [1.54, 1.807) is 0 Å². The predicted molar refractivity (Wildman–Crippen MR) is 70.0 cm³/mol. The lowest BCUT2D eigenvalue weighted by Gasteiger charge is -2.16. The fourth-order valence-corrected chi connectivity index (χ4v) is 2.15. The Hall–Kier alpha value is -3.03. The molecule has 0 unspecified atom stereocenters. The van der Waals surface area contributed by atoms with E-state index in [-0.39, 0.29) is 11.1 Å². The van der Waals surface area contributed by atoms with Gasteiger partial charge >= 0.3 is 0 Å². The van der Waals surface area contributed by atoms with Gasteiger partial charge in [0.2, 0.25) is 40.6 Å². The van der Waals surface area contributed by atoms with Crippen LogP contribution in [0.2, 0.25) is 0 Å². The largest absolute Gasteiger partial charge is 0.447 e. The second-order valence-corrected chi connectivity index (χ2v) is 4.75. The van der Waals surface area contributed by atoms with Crippen molar-refractivity contribution in [2.24, 2.45) is 0 Å². The fraction of sp³-hybridized carbons (Fsp3) is 0. The van der Waals surface area contributed by atoms with E-state index in [9.17, 15) is 31.5 Å². The Morgan fingerprint density at radius 2 is 1.21 bits per heavy atom. The molecule has 122 valence electrons. The molecule has 0 heterocycles. The van der Waals surface area contributed by atoms with Crippen LogP contribution in [0.5, 0.6) is 5.75 Å². The van der Waals surface area contributed by atoms with Crippen LogP contribution in [0.4, 0.5) is 22.0 Å². The zero-order valence-corrected chi connectivity index (χ0v) is 11.5. The number of rotatable bonds is 2. The number of ketones is 2. The van der Waals surface area contributed by atoms with Crippen LogP contribution in [0.15, 0.2) is 36.1 Å². The SMILES string of the molecule is O=C1C=C(Oc2c(F)c(F)c(F)c(F)c2F)C(=O)c2ccccc21. The Kier molecular flexibility index (Phi) is 3.67. The monoisotopic (exact) mass is 340 g/mol. The van der Waals surface area contributed by atoms with Gasteiger partial charge in [-0.1, -0.05) is 24.3 Å². The molecule has 0 aliphatic heterocycles. The number of hydrogen-bond donors (Lipinski definition) is 0. The summed E-state index contributed by atoms with van der Waals surface area (Å²) in [4.78, 5) is 24.1. The molecular formula is C16H5F5O3. The number of halogens is 5. The van der Waals surface area contributed by atoms with Crippen molar-refractivity contribution in [2.75, 3.05) is 0 Å². The van der Waals surface area contributed by atoms with Crippen LogP contribution in [-0.4, -0.2) is 11.6 Å². The number of benzene rings is 2. The third kappa shape index (κ3) is 2.27. The maximum absolute atomic E-state index is 13.6. The van der Waals surface area contributed by atoms with Crippen molar-refractivity contribution in [1.82, 2.24) is 0 Å². The molecule has 2 aromatic carbocycles. The third-order valence-corrected chi connectivity index (χ3v) is 3.30. The number of allylic oxidation sites excluding steroid dienone is 2. The van der Waals surface area contributed by atoms with Crippen LogP contribution in [-0.2, 0) is 0 Å². The van der Waals surface area contributed by atoms with Gasteiger partial charge in [0.15, 0.2) is 11.5 Å². The van der Waals surface area contributed by atoms with E-state index in [4.69, 9.17) is 0 Å². The maximum atomic E-state index is 13.6. The van der Waals surface area contributed by atoms with E-state index in [2.05, 4.69) is 4.74 Å². The first-order valence-corrected chi connectivity index (χ1v) is 6.42. The molecule has 0 saturated carbocycles. The summed E-state index contributed by atoms with van der Waals surface area (Å²) in [6.07, 6.45) is 0.628. The minimum atomic E-state index is -2.36. The Morgan fingerprint density at radius 3 is 1.79 bits per heavy atom. The van der Waals surface area contributed by atoms with Gasteiger partial charge in [-0.15, -0.1) is 0 Å². The lowest BCUT2D eigenvalue weighted by Crippen LogP contribution is -2.21. The van der Waals surface area contributed by atoms with Gasteiger partial charge in [0.1, 0.15) is 0 Å². The van der Waals surface area contributed by atoms with Crippen molar-refractivity contribution < 1.29 is 36.3 Å². The van der Waals surface area contributed by atoms with Crippen LogP contribution < -0.4 is 4.74 Å². The smallest absolute Gasteiger partial charge is 0.229 e. The Bertz CT molecular complexity index is 905. The first-order chi connectivity index (χ1) is 11.3. The Balaban J connectivity index is 2.08. The van der Waals surface area contributed by atoms with Crippen molar-refractivity contribution in [3.05, 3.63) is 76.3 Å². The van der Waals surface area contributed by atoms with Gasteiger partial charge in [-0.2, -0.15) is 8.78 Å². The van der Waals surface area contributed by atoms with Crippen molar-refractivity contribution >= 4 is 11.6 Å². The molecule has 0 spiro atoms. The van der Waals surface area contributed by atoms with Gasteiger partial charge in [0.05, 0.1) is 0 Å². The van der Waals surface area contributed by atoms with Crippen LogP contribution >= 0.6 is 0 Å². The second-order valence-electron chi connectivity index (χ2n) is 4.75. The molecule has 3 rings (SSSR count). The Labute approximate surface area is 131 Å². The van der Waals surface area contributed by atoms with E-state index >= 15 is 0 Å². The molecular weight excluding hydrogens is 335 g/mol. The molecule has 3 nitrogen and oxygen atoms in total. The summed E-state index contributed by atoms with van der Waals surface area (Å²) < 4.78 is 71.1. The molecule has 8 heteroatoms. The molecule has 0 radical (unpaired) electrons. The molecule has 1 aliphatic carbocycles. The normalized spacial score (nSPS) is 13.6. The number of hydrogen-bond acceptors (Lipinski definition) is 3. The van der Waals surface area contributed by atoms with Gasteiger partial charge < -0.3 is 4.74 Å². The molecule has 0 N–H and O–H groups in total. The summed E-state index contributed by atoms with van der Waals surface area (Å²) in [6.45, 7) is 0. The molecule has 0 atom stereocenters. The van der Waals surface area contributed by atoms with Crippen molar-refractivity contribution in [2.45, 2.75) is 0 Å². The number of carbonyl (C=O) groups excluding carboxylic acids is 2. The minimum absolute atomic E-state index is 0.0345. The van der Waals surface area contributed by atoms with Gasteiger partial charge in [0.25, 0.3) is 0 Å². The second kappa shape index (κ2) is 5.55. The average Bonchev–Trinajstić information content (AvgIpc) is 2.59. The number of fused-ring (bicyclic) bond motifs is 1. The standard InChI is InChI=1S/C16H5F5O3/c17-10-11(18)13(20)16(14(21)12(10)19)24-9-5-8(22)6-3-1-2-4-7(6)15(9)23/h1-5H. The lowest BCUT2D eigenvalue weighted by molar-refractivity contribution is 0.0943. The van der Waals surface area contributed by atoms with Gasteiger partial charge in [-0.25, -0.2) is 13.2 Å². The molecule has 24 heavy (non-hydrogen) atoms. The van der Waals surface area contributed by atoms with Crippen LogP contribution in [0.3, 0.4) is 0 Å². The lowest BCUT2D eigenvalue weighted by atomic mass is 9.94. The highest BCUT2D eigenvalue weighted by atomic mass is 19.2. The van der Waals surface area contributed by atoms with Gasteiger partial charge in [-0.3, -0.25) is 9.59 Å². The average molecular weight is 340 g/mol. The summed E-state index contributed by atoms with van der Waals surface area (Å²) in [5.74, 6) is -15.4. The fourth-order valence-electron chi connectivity index (χ4n) is 2.15. The van der Waals surface area contributed by atoms with E-state index in [0.717, 1.165) is 0 Å². The first kappa shape index (κ1) is 15.9. The zero-order valence-electron chi connectivity index (χ0n) is 11.5. The summed E-state index contributed by atoms with van der Waals surface area (Å²) >= 11 is 0. The van der Waals surface area contributed by atoms with Crippen LogP contribution in [0.25, 0.3) is 0 Å². The summed E-state index contributed by atoms with van der Waals surface area (Å²) in [7, 11) is 0. The summed E-state index contributed by atoms with van der Waals surface area (Å²) in [5, 5.41) is 0. The molecule has 1 aliphatic rings. The van der Waals surface area contributed by atoms with E-state index < -0.39 is 52.2 Å². The van der Waals surface area contributed by atoms with Crippen LogP contribution in [0, 0.1) is 29.1 Å². The number of Topliss-reactive ketones (excluding diaryl/α,β-unsaturated/α-hetero) is 1. The minimum Gasteiger partial charge on any atom is -0.447 e. The molecule has 0 bridgehead atoms. The summed E-state index contributed by atoms with van der Waals surface area (Å²) in [6, 6.07) is 5.55. The van der Waals surface area contributed by atoms with Gasteiger partial charge in [-0.05, 0) is 0 Å². The van der Waals surface area contributed by atoms with Gasteiger partial charge in [0, 0.05) is 17.2 Å². The molecule has 0 saturated heterocycles. The topological polar surface area (TPSA) is 43.4 Å². The van der Waals surface area contributed by atoms with Crippen molar-refractivity contribution in [3.63, 3.8) is 0 Å². The maximum Gasteiger partial charge on any atom is 0.229 e. The van der Waals surface area contributed by atoms with Crippen molar-refractivity contribution in [1.29, 1.82) is 0 Å². The zero-order chi connectivity index (χ0) is 17.6. The predicted octanol–water partition coefficient (Wildman–Crippen LogP) is 3.72. The highest BCUT2D eigenvalue weighted by Gasteiger charge is 2.32. The Morgan fingerprint density at radius 1 is 0.708 bits per heavy atom. The highest BCUT2D eigenvalue weighted by molar-refractivity contribution is 6.23.